The molecule has 0 bridgehead atoms. The largest absolute Gasteiger partial charge is 0.388 e. The summed E-state index contributed by atoms with van der Waals surface area (Å²) in [6, 6.07) is 0. The van der Waals surface area contributed by atoms with Gasteiger partial charge in [0, 0.05) is 6.42 Å². The third-order valence-corrected chi connectivity index (χ3v) is 4.50. The van der Waals surface area contributed by atoms with Gasteiger partial charge in [0.05, 0.1) is 5.84 Å². The first-order chi connectivity index (χ1) is 7.70. The van der Waals surface area contributed by atoms with Gasteiger partial charge in [0.1, 0.15) is 0 Å². The zero-order valence-corrected chi connectivity index (χ0v) is 10.3. The number of piperidine rings is 1. The van der Waals surface area contributed by atoms with E-state index in [1.165, 1.54) is 51.6 Å². The molecule has 1 aliphatic heterocycles. The molecule has 0 atom stereocenters. The van der Waals surface area contributed by atoms with Crippen molar-refractivity contribution in [1.29, 1.82) is 5.41 Å². The maximum absolute atomic E-state index is 7.20. The second-order valence-corrected chi connectivity index (χ2v) is 5.68. The van der Waals surface area contributed by atoms with Crippen LogP contribution in [0, 0.1) is 10.8 Å². The summed E-state index contributed by atoms with van der Waals surface area (Å²) in [4.78, 5) is 2.56. The molecule has 3 heteroatoms. The molecule has 0 aromatic heterocycles. The lowest BCUT2D eigenvalue weighted by Crippen LogP contribution is -2.39. The third kappa shape index (κ3) is 2.97. The van der Waals surface area contributed by atoms with E-state index in [2.05, 4.69) is 4.90 Å². The summed E-state index contributed by atoms with van der Waals surface area (Å²) in [6.07, 6.45) is 10.5. The number of rotatable bonds is 4. The maximum Gasteiger partial charge on any atom is 0.0905 e. The Labute approximate surface area is 98.9 Å². The quantitative estimate of drug-likeness (QED) is 0.568. The zero-order valence-electron chi connectivity index (χ0n) is 10.3. The molecule has 92 valence electrons. The van der Waals surface area contributed by atoms with Crippen LogP contribution >= 0.6 is 0 Å². The molecule has 1 saturated heterocycles. The van der Waals surface area contributed by atoms with Crippen LogP contribution in [0.15, 0.2) is 0 Å². The molecule has 1 heterocycles. The third-order valence-electron chi connectivity index (χ3n) is 4.50. The molecule has 0 aromatic carbocycles. The Morgan fingerprint density at radius 2 is 1.75 bits per heavy atom. The second kappa shape index (κ2) is 5.17. The van der Waals surface area contributed by atoms with Crippen molar-refractivity contribution in [3.8, 4) is 0 Å². The first-order valence-electron chi connectivity index (χ1n) is 6.76. The number of amidine groups is 1. The Bertz CT molecular complexity index is 234. The molecule has 0 radical (unpaired) electrons. The van der Waals surface area contributed by atoms with Crippen molar-refractivity contribution < 1.29 is 0 Å². The summed E-state index contributed by atoms with van der Waals surface area (Å²) >= 11 is 0. The predicted molar refractivity (Wildman–Crippen MR) is 67.7 cm³/mol. The predicted octanol–water partition coefficient (Wildman–Crippen LogP) is 2.36. The van der Waals surface area contributed by atoms with Gasteiger partial charge in [-0.15, -0.1) is 0 Å². The van der Waals surface area contributed by atoms with E-state index in [9.17, 15) is 0 Å². The molecule has 1 spiro atoms. The van der Waals surface area contributed by atoms with Crippen LogP contribution in [0.1, 0.15) is 51.4 Å². The van der Waals surface area contributed by atoms with Gasteiger partial charge < -0.3 is 10.6 Å². The molecule has 0 aromatic rings. The van der Waals surface area contributed by atoms with E-state index in [1.54, 1.807) is 0 Å². The van der Waals surface area contributed by atoms with Gasteiger partial charge in [0.2, 0.25) is 0 Å². The second-order valence-electron chi connectivity index (χ2n) is 5.68. The van der Waals surface area contributed by atoms with Crippen molar-refractivity contribution >= 4 is 5.84 Å². The minimum absolute atomic E-state index is 0.337. The van der Waals surface area contributed by atoms with Gasteiger partial charge >= 0.3 is 0 Å². The van der Waals surface area contributed by atoms with Crippen LogP contribution < -0.4 is 5.73 Å². The summed E-state index contributed by atoms with van der Waals surface area (Å²) in [5.74, 6) is 0.337. The first-order valence-corrected chi connectivity index (χ1v) is 6.76. The molecule has 2 rings (SSSR count). The van der Waals surface area contributed by atoms with Crippen molar-refractivity contribution in [1.82, 2.24) is 4.90 Å². The van der Waals surface area contributed by atoms with Gasteiger partial charge in [0.15, 0.2) is 0 Å². The number of hydrogen-bond donors (Lipinski definition) is 2. The smallest absolute Gasteiger partial charge is 0.0905 e. The van der Waals surface area contributed by atoms with Crippen molar-refractivity contribution in [3.63, 3.8) is 0 Å². The van der Waals surface area contributed by atoms with E-state index in [0.717, 1.165) is 24.8 Å². The fourth-order valence-corrected chi connectivity index (χ4v) is 3.37. The Balaban J connectivity index is 1.67. The highest BCUT2D eigenvalue weighted by molar-refractivity contribution is 5.76. The standard InChI is InChI=1S/C13H25N3/c14-12(15)4-3-9-16-10-7-13(8-11-16)5-1-2-6-13/h1-11H2,(H3,14,15). The summed E-state index contributed by atoms with van der Waals surface area (Å²) in [5.41, 5.74) is 6.10. The van der Waals surface area contributed by atoms with Crippen LogP contribution in [-0.4, -0.2) is 30.4 Å². The van der Waals surface area contributed by atoms with Crippen LogP contribution in [-0.2, 0) is 0 Å². The Morgan fingerprint density at radius 1 is 1.12 bits per heavy atom. The normalized spacial score (nSPS) is 25.0. The molecule has 1 aliphatic carbocycles. The fourth-order valence-electron chi connectivity index (χ4n) is 3.37. The number of nitrogens with zero attached hydrogens (tertiary/aromatic N) is 1. The average Bonchev–Trinajstić information content (AvgIpc) is 2.70. The fraction of sp³-hybridized carbons (Fsp3) is 0.923. The lowest BCUT2D eigenvalue weighted by atomic mass is 9.77. The highest BCUT2D eigenvalue weighted by atomic mass is 15.1. The molecule has 2 aliphatic rings. The van der Waals surface area contributed by atoms with E-state index in [0.29, 0.717) is 5.84 Å². The van der Waals surface area contributed by atoms with E-state index in [-0.39, 0.29) is 0 Å². The molecule has 2 fully saturated rings. The summed E-state index contributed by atoms with van der Waals surface area (Å²) in [7, 11) is 0. The average molecular weight is 223 g/mol. The van der Waals surface area contributed by atoms with Crippen LogP contribution in [0.3, 0.4) is 0 Å². The lowest BCUT2D eigenvalue weighted by Gasteiger charge is -2.39. The first kappa shape index (κ1) is 11.9. The van der Waals surface area contributed by atoms with Crippen LogP contribution in [0.2, 0.25) is 0 Å². The molecular formula is C13H25N3. The Morgan fingerprint density at radius 3 is 2.31 bits per heavy atom. The van der Waals surface area contributed by atoms with E-state index >= 15 is 0 Å². The minimum atomic E-state index is 0.337. The van der Waals surface area contributed by atoms with E-state index < -0.39 is 0 Å². The molecular weight excluding hydrogens is 198 g/mol. The molecule has 3 nitrogen and oxygen atoms in total. The topological polar surface area (TPSA) is 53.1 Å². The van der Waals surface area contributed by atoms with Gasteiger partial charge in [-0.3, -0.25) is 5.41 Å². The molecule has 0 unspecified atom stereocenters. The van der Waals surface area contributed by atoms with Crippen molar-refractivity contribution in [2.75, 3.05) is 19.6 Å². The summed E-state index contributed by atoms with van der Waals surface area (Å²) < 4.78 is 0. The Hall–Kier alpha value is -0.570. The highest BCUT2D eigenvalue weighted by Gasteiger charge is 2.36. The van der Waals surface area contributed by atoms with E-state index in [1.807, 2.05) is 0 Å². The van der Waals surface area contributed by atoms with Gasteiger partial charge in [-0.25, -0.2) is 0 Å². The van der Waals surface area contributed by atoms with Gasteiger partial charge in [-0.2, -0.15) is 0 Å². The highest BCUT2D eigenvalue weighted by Crippen LogP contribution is 2.45. The van der Waals surface area contributed by atoms with Gasteiger partial charge in [-0.05, 0) is 57.2 Å². The lowest BCUT2D eigenvalue weighted by molar-refractivity contribution is 0.108. The molecule has 0 amide bonds. The van der Waals surface area contributed by atoms with E-state index in [4.69, 9.17) is 11.1 Å². The number of nitrogens with one attached hydrogen (secondary N) is 1. The SMILES string of the molecule is N=C(N)CCCN1CCC2(CCCC2)CC1. The van der Waals surface area contributed by atoms with Crippen molar-refractivity contribution in [2.45, 2.75) is 51.4 Å². The monoisotopic (exact) mass is 223 g/mol. The van der Waals surface area contributed by atoms with Crippen LogP contribution in [0.25, 0.3) is 0 Å². The van der Waals surface area contributed by atoms with Gasteiger partial charge in [0.25, 0.3) is 0 Å². The minimum Gasteiger partial charge on any atom is -0.388 e. The molecule has 16 heavy (non-hydrogen) atoms. The van der Waals surface area contributed by atoms with Crippen LogP contribution in [0.5, 0.6) is 0 Å². The zero-order chi connectivity index (χ0) is 11.4. The number of likely N-dealkylation sites (tertiary alicyclic amines) is 1. The number of hydrogen-bond acceptors (Lipinski definition) is 2. The summed E-state index contributed by atoms with van der Waals surface area (Å²) in [5, 5.41) is 7.20. The summed E-state index contributed by atoms with van der Waals surface area (Å²) in [6.45, 7) is 3.69. The molecule has 1 saturated carbocycles. The Kier molecular flexibility index (Phi) is 3.85. The van der Waals surface area contributed by atoms with Gasteiger partial charge in [-0.1, -0.05) is 12.8 Å². The maximum atomic E-state index is 7.20. The van der Waals surface area contributed by atoms with Crippen LogP contribution in [0.4, 0.5) is 0 Å². The van der Waals surface area contributed by atoms with Crippen molar-refractivity contribution in [2.24, 2.45) is 11.1 Å². The number of nitrogens with two attached hydrogens (primary N) is 1. The molecule has 3 N–H and O–H groups in total. The van der Waals surface area contributed by atoms with Crippen molar-refractivity contribution in [3.05, 3.63) is 0 Å².